The summed E-state index contributed by atoms with van der Waals surface area (Å²) in [4.78, 5) is 8.28. The van der Waals surface area contributed by atoms with E-state index in [0.717, 1.165) is 15.6 Å². The summed E-state index contributed by atoms with van der Waals surface area (Å²) in [5.74, 6) is 1.97. The van der Waals surface area contributed by atoms with Crippen LogP contribution in [0.1, 0.15) is 16.7 Å². The maximum atomic E-state index is 6.23. The summed E-state index contributed by atoms with van der Waals surface area (Å²) in [6.07, 6.45) is 2.18. The van der Waals surface area contributed by atoms with E-state index in [1.165, 1.54) is 0 Å². The lowest BCUT2D eigenvalue weighted by atomic mass is 9.98. The summed E-state index contributed by atoms with van der Waals surface area (Å²) in [5.41, 5.74) is 15.1. The minimum Gasteiger partial charge on any atom is -0.493 e. The van der Waals surface area contributed by atoms with Crippen LogP contribution in [0.4, 0.5) is 11.5 Å². The van der Waals surface area contributed by atoms with Crippen molar-refractivity contribution in [1.82, 2.24) is 4.98 Å². The van der Waals surface area contributed by atoms with E-state index in [2.05, 4.69) is 25.9 Å². The van der Waals surface area contributed by atoms with Crippen LogP contribution in [-0.2, 0) is 6.42 Å². The van der Waals surface area contributed by atoms with Gasteiger partial charge in [-0.1, -0.05) is 15.9 Å². The molecule has 1 aromatic carbocycles. The van der Waals surface area contributed by atoms with Crippen molar-refractivity contribution in [2.24, 2.45) is 4.99 Å². The van der Waals surface area contributed by atoms with Gasteiger partial charge >= 0.3 is 0 Å². The monoisotopic (exact) mass is 362 g/mol. The van der Waals surface area contributed by atoms with Gasteiger partial charge in [-0.05, 0) is 12.1 Å². The Labute approximate surface area is 136 Å². The fourth-order valence-electron chi connectivity index (χ4n) is 2.47. The molecule has 3 rings (SSSR count). The Morgan fingerprint density at radius 2 is 2.14 bits per heavy atom. The summed E-state index contributed by atoms with van der Waals surface area (Å²) >= 11 is 3.54. The van der Waals surface area contributed by atoms with Crippen molar-refractivity contribution in [2.45, 2.75) is 6.42 Å². The largest absolute Gasteiger partial charge is 0.493 e. The first-order valence-electron chi connectivity index (χ1n) is 6.60. The lowest BCUT2D eigenvalue weighted by Gasteiger charge is -2.24. The summed E-state index contributed by atoms with van der Waals surface area (Å²) in [5, 5.41) is 0. The Kier molecular flexibility index (Phi) is 3.66. The number of nitrogen functional groups attached to an aromatic ring is 2. The predicted molar refractivity (Wildman–Crippen MR) is 90.2 cm³/mol. The Hall–Kier alpha value is -2.28. The number of ether oxygens (including phenoxy) is 2. The second-order valence-corrected chi connectivity index (χ2v) is 5.69. The molecule has 2 aromatic rings. The average Bonchev–Trinajstić information content (AvgIpc) is 2.51. The molecule has 0 atom stereocenters. The van der Waals surface area contributed by atoms with Crippen molar-refractivity contribution in [3.8, 4) is 17.4 Å². The number of anilines is 2. The van der Waals surface area contributed by atoms with E-state index in [0.29, 0.717) is 40.9 Å². The van der Waals surface area contributed by atoms with Gasteiger partial charge in [-0.2, -0.15) is 4.98 Å². The Morgan fingerprint density at radius 1 is 1.36 bits per heavy atom. The number of halogens is 1. The molecule has 0 unspecified atom stereocenters. The zero-order valence-electron chi connectivity index (χ0n) is 12.2. The molecule has 0 bridgehead atoms. The van der Waals surface area contributed by atoms with Crippen LogP contribution in [0.2, 0.25) is 0 Å². The molecule has 2 heterocycles. The number of fused-ring (bicyclic) bond motifs is 2. The molecule has 0 radical (unpaired) electrons. The topological polar surface area (TPSA) is 95.8 Å². The maximum absolute atomic E-state index is 6.23. The van der Waals surface area contributed by atoms with Gasteiger partial charge in [0.25, 0.3) is 0 Å². The lowest BCUT2D eigenvalue weighted by Crippen LogP contribution is -2.13. The molecule has 0 spiro atoms. The van der Waals surface area contributed by atoms with Gasteiger partial charge in [0.05, 0.1) is 18.4 Å². The highest BCUT2D eigenvalue weighted by atomic mass is 79.9. The third-order valence-electron chi connectivity index (χ3n) is 3.57. The van der Waals surface area contributed by atoms with E-state index >= 15 is 0 Å². The van der Waals surface area contributed by atoms with Crippen molar-refractivity contribution in [3.63, 3.8) is 0 Å². The van der Waals surface area contributed by atoms with Gasteiger partial charge in [0.15, 0.2) is 11.5 Å². The number of nitrogens with two attached hydrogens (primary N) is 2. The minimum absolute atomic E-state index is 0.291. The third kappa shape index (κ3) is 2.18. The highest BCUT2D eigenvalue weighted by Crippen LogP contribution is 2.46. The van der Waals surface area contributed by atoms with Gasteiger partial charge in [-0.15, -0.1) is 0 Å². The maximum Gasteiger partial charge on any atom is 0.227 e. The van der Waals surface area contributed by atoms with Crippen molar-refractivity contribution < 1.29 is 9.47 Å². The van der Waals surface area contributed by atoms with Gasteiger partial charge in [-0.3, -0.25) is 4.99 Å². The number of aromatic nitrogens is 1. The number of methoxy groups -OCH3 is 1. The van der Waals surface area contributed by atoms with E-state index in [9.17, 15) is 0 Å². The van der Waals surface area contributed by atoms with Crippen LogP contribution in [0.15, 0.2) is 21.6 Å². The zero-order valence-corrected chi connectivity index (χ0v) is 13.8. The van der Waals surface area contributed by atoms with Gasteiger partial charge < -0.3 is 20.9 Å². The third-order valence-corrected chi connectivity index (χ3v) is 4.31. The fraction of sp³-hybridized carbons (Fsp3) is 0.200. The molecule has 6 nitrogen and oxygen atoms in total. The first kappa shape index (κ1) is 14.6. The first-order chi connectivity index (χ1) is 10.6. The molecule has 7 heteroatoms. The molecule has 4 N–H and O–H groups in total. The SMILES string of the molecule is CN=Cc1c(N)nc2c(c1N)Cc1c(Br)ccc(OC)c1O2. The van der Waals surface area contributed by atoms with Crippen LogP contribution < -0.4 is 20.9 Å². The molecule has 0 saturated carbocycles. The fourth-order valence-corrected chi connectivity index (χ4v) is 2.92. The van der Waals surface area contributed by atoms with E-state index < -0.39 is 0 Å². The number of hydrogen-bond donors (Lipinski definition) is 2. The quantitative estimate of drug-likeness (QED) is 0.683. The van der Waals surface area contributed by atoms with Crippen LogP contribution >= 0.6 is 15.9 Å². The number of rotatable bonds is 2. The molecule has 0 fully saturated rings. The molecule has 22 heavy (non-hydrogen) atoms. The minimum atomic E-state index is 0.291. The number of aliphatic imine (C=N–C) groups is 1. The Balaban J connectivity index is 2.19. The molecular weight excluding hydrogens is 348 g/mol. The number of benzene rings is 1. The van der Waals surface area contributed by atoms with E-state index in [1.807, 2.05) is 12.1 Å². The summed E-state index contributed by atoms with van der Waals surface area (Å²) < 4.78 is 12.2. The lowest BCUT2D eigenvalue weighted by molar-refractivity contribution is 0.365. The van der Waals surface area contributed by atoms with Crippen LogP contribution in [0, 0.1) is 0 Å². The predicted octanol–water partition coefficient (Wildman–Crippen LogP) is 2.76. The first-order valence-corrected chi connectivity index (χ1v) is 7.39. The number of nitrogens with zero attached hydrogens (tertiary/aromatic N) is 2. The van der Waals surface area contributed by atoms with Crippen LogP contribution in [0.3, 0.4) is 0 Å². The van der Waals surface area contributed by atoms with Gasteiger partial charge in [0, 0.05) is 35.3 Å². The van der Waals surface area contributed by atoms with E-state index in [4.69, 9.17) is 20.9 Å². The van der Waals surface area contributed by atoms with Crippen molar-refractivity contribution in [1.29, 1.82) is 0 Å². The number of hydrogen-bond acceptors (Lipinski definition) is 6. The normalized spacial score (nSPS) is 12.7. The molecule has 0 amide bonds. The van der Waals surface area contributed by atoms with E-state index in [-0.39, 0.29) is 0 Å². The Bertz CT molecular complexity index is 790. The Morgan fingerprint density at radius 3 is 2.82 bits per heavy atom. The second kappa shape index (κ2) is 5.49. The number of pyridine rings is 1. The van der Waals surface area contributed by atoms with Crippen molar-refractivity contribution in [3.05, 3.63) is 33.3 Å². The molecule has 1 aliphatic heterocycles. The molecule has 0 aliphatic carbocycles. The molecule has 114 valence electrons. The molecule has 1 aromatic heterocycles. The molecule has 0 saturated heterocycles. The van der Waals surface area contributed by atoms with Crippen LogP contribution in [-0.4, -0.2) is 25.4 Å². The molecule has 1 aliphatic rings. The molecular formula is C15H15BrN4O2. The standard InChI is InChI=1S/C15H15BrN4O2/c1-19-6-9-12(17)8-5-7-10(16)3-4-11(21-2)13(7)22-15(8)20-14(9)18/h3-4,6H,5H2,1-2H3,(H4,17,18,20). The van der Waals surface area contributed by atoms with Gasteiger partial charge in [0.2, 0.25) is 5.88 Å². The zero-order chi connectivity index (χ0) is 15.9. The van der Waals surface area contributed by atoms with E-state index in [1.54, 1.807) is 20.4 Å². The summed E-state index contributed by atoms with van der Waals surface area (Å²) in [6.45, 7) is 0. The van der Waals surface area contributed by atoms with Crippen LogP contribution in [0.5, 0.6) is 17.4 Å². The van der Waals surface area contributed by atoms with Crippen molar-refractivity contribution >= 4 is 33.6 Å². The van der Waals surface area contributed by atoms with Crippen molar-refractivity contribution in [2.75, 3.05) is 25.6 Å². The summed E-state index contributed by atoms with van der Waals surface area (Å²) in [6, 6.07) is 3.75. The smallest absolute Gasteiger partial charge is 0.227 e. The highest BCUT2D eigenvalue weighted by molar-refractivity contribution is 9.10. The average molecular weight is 363 g/mol. The van der Waals surface area contributed by atoms with Crippen LogP contribution in [0.25, 0.3) is 0 Å². The van der Waals surface area contributed by atoms with Gasteiger partial charge in [0.1, 0.15) is 5.82 Å². The van der Waals surface area contributed by atoms with Gasteiger partial charge in [-0.25, -0.2) is 0 Å². The highest BCUT2D eigenvalue weighted by Gasteiger charge is 2.27. The second-order valence-electron chi connectivity index (χ2n) is 4.83. The summed E-state index contributed by atoms with van der Waals surface area (Å²) in [7, 11) is 3.25.